The van der Waals surface area contributed by atoms with Gasteiger partial charge in [0.25, 0.3) is 0 Å². The highest BCUT2D eigenvalue weighted by atomic mass is 35.5. The first-order chi connectivity index (χ1) is 16.6. The van der Waals surface area contributed by atoms with Gasteiger partial charge < -0.3 is 9.30 Å². The smallest absolute Gasteiger partial charge is 0.348 e. The number of aryl methyl sites for hydroxylation is 1. The molecule has 178 valence electrons. The molecule has 0 aliphatic heterocycles. The third-order valence-corrected chi connectivity index (χ3v) is 7.48. The summed E-state index contributed by atoms with van der Waals surface area (Å²) in [7, 11) is 0. The van der Waals surface area contributed by atoms with Crippen LogP contribution in [0.25, 0.3) is 11.8 Å². The highest BCUT2D eigenvalue weighted by molar-refractivity contribution is 7.14. The second-order valence-electron chi connectivity index (χ2n) is 7.72. The van der Waals surface area contributed by atoms with Gasteiger partial charge in [0, 0.05) is 28.4 Å². The van der Waals surface area contributed by atoms with Crippen molar-refractivity contribution in [1.82, 2.24) is 4.57 Å². The van der Waals surface area contributed by atoms with E-state index in [1.807, 2.05) is 36.6 Å². The number of thiophene rings is 1. The summed E-state index contributed by atoms with van der Waals surface area (Å²) in [5.41, 5.74) is 3.90. The first-order valence-corrected chi connectivity index (χ1v) is 12.2. The fraction of sp³-hybridized carbons (Fsp3) is 0.231. The Kier molecular flexibility index (Phi) is 8.19. The maximum absolute atomic E-state index is 13.0. The molecule has 1 aromatic carbocycles. The molecular formula is C26H21Cl2N3O3S. The lowest BCUT2D eigenvalue weighted by Gasteiger charge is -2.10. The number of halogens is 2. The Morgan fingerprint density at radius 2 is 1.86 bits per heavy atom. The molecule has 0 radical (unpaired) electrons. The van der Waals surface area contributed by atoms with Gasteiger partial charge in [-0.25, -0.2) is 4.79 Å². The molecule has 0 aliphatic rings. The van der Waals surface area contributed by atoms with E-state index < -0.39 is 11.8 Å². The van der Waals surface area contributed by atoms with Crippen LogP contribution in [0.4, 0.5) is 0 Å². The lowest BCUT2D eigenvalue weighted by Crippen LogP contribution is -2.05. The van der Waals surface area contributed by atoms with Crippen molar-refractivity contribution in [3.8, 4) is 17.8 Å². The van der Waals surface area contributed by atoms with Crippen molar-refractivity contribution in [3.63, 3.8) is 0 Å². The van der Waals surface area contributed by atoms with Crippen molar-refractivity contribution in [2.75, 3.05) is 6.61 Å². The summed E-state index contributed by atoms with van der Waals surface area (Å²) in [6.45, 7) is 7.33. The molecule has 2 aromatic heterocycles. The maximum Gasteiger partial charge on any atom is 0.348 e. The number of ether oxygens (including phenoxy) is 1. The van der Waals surface area contributed by atoms with Gasteiger partial charge >= 0.3 is 5.97 Å². The molecule has 3 aromatic rings. The topological polar surface area (TPSA) is 95.9 Å². The van der Waals surface area contributed by atoms with Crippen LogP contribution in [0.15, 0.2) is 29.8 Å². The Morgan fingerprint density at radius 1 is 1.14 bits per heavy atom. The number of hydrogen-bond acceptors (Lipinski definition) is 6. The van der Waals surface area contributed by atoms with E-state index in [0.717, 1.165) is 28.4 Å². The Bertz CT molecular complexity index is 1450. The van der Waals surface area contributed by atoms with Gasteiger partial charge in [-0.05, 0) is 69.2 Å². The van der Waals surface area contributed by atoms with Crippen LogP contribution in [0, 0.1) is 43.4 Å². The van der Waals surface area contributed by atoms with Crippen LogP contribution in [-0.4, -0.2) is 22.9 Å². The van der Waals surface area contributed by atoms with E-state index in [1.165, 1.54) is 6.08 Å². The van der Waals surface area contributed by atoms with E-state index in [-0.39, 0.29) is 24.2 Å². The molecule has 0 amide bonds. The SMILES string of the molecule is CCOC(=O)c1sc(CC(=O)/C(C#N)=C/c2cc(C)n(-c3ccc(Cl)c(Cl)c3)c2C)c(C#N)c1C. The second kappa shape index (κ2) is 10.9. The van der Waals surface area contributed by atoms with Crippen LogP contribution in [0.2, 0.25) is 10.0 Å². The molecule has 6 nitrogen and oxygen atoms in total. The van der Waals surface area contributed by atoms with E-state index in [9.17, 15) is 20.1 Å². The van der Waals surface area contributed by atoms with Crippen LogP contribution in [-0.2, 0) is 16.0 Å². The number of carbonyl (C=O) groups excluding carboxylic acids is 2. The minimum atomic E-state index is -0.531. The van der Waals surface area contributed by atoms with Gasteiger partial charge in [0.1, 0.15) is 17.0 Å². The van der Waals surface area contributed by atoms with E-state index in [4.69, 9.17) is 27.9 Å². The van der Waals surface area contributed by atoms with E-state index in [2.05, 4.69) is 6.07 Å². The number of aromatic nitrogens is 1. The molecule has 0 N–H and O–H groups in total. The molecule has 35 heavy (non-hydrogen) atoms. The van der Waals surface area contributed by atoms with Gasteiger partial charge in [0.05, 0.1) is 27.8 Å². The first kappa shape index (κ1) is 26.2. The molecule has 0 bridgehead atoms. The summed E-state index contributed by atoms with van der Waals surface area (Å²) in [5, 5.41) is 20.2. The summed E-state index contributed by atoms with van der Waals surface area (Å²) < 4.78 is 7.00. The standard InChI is InChI=1S/C26H21Cl2N3O3S/c1-5-34-26(33)25-15(3)20(13-30)24(35-25)11-23(32)18(12-29)9-17-8-14(2)31(16(17)4)19-6-7-21(27)22(28)10-19/h6-10H,5,11H2,1-4H3/b18-9+. The summed E-state index contributed by atoms with van der Waals surface area (Å²) >= 11 is 13.3. The van der Waals surface area contributed by atoms with Crippen molar-refractivity contribution in [2.45, 2.75) is 34.1 Å². The molecule has 0 atom stereocenters. The van der Waals surface area contributed by atoms with Crippen LogP contribution in [0.3, 0.4) is 0 Å². The Balaban J connectivity index is 1.96. The molecule has 0 aliphatic carbocycles. The number of hydrogen-bond donors (Lipinski definition) is 0. The van der Waals surface area contributed by atoms with Gasteiger partial charge in [0.15, 0.2) is 5.78 Å². The van der Waals surface area contributed by atoms with Crippen molar-refractivity contribution < 1.29 is 14.3 Å². The lowest BCUT2D eigenvalue weighted by molar-refractivity contribution is -0.114. The number of benzene rings is 1. The maximum atomic E-state index is 13.0. The molecule has 0 unspecified atom stereocenters. The highest BCUT2D eigenvalue weighted by Crippen LogP contribution is 2.31. The number of carbonyl (C=O) groups is 2. The number of nitrogens with zero attached hydrogens (tertiary/aromatic N) is 3. The number of esters is 1. The summed E-state index contributed by atoms with van der Waals surface area (Å²) in [5.74, 6) is -0.976. The van der Waals surface area contributed by atoms with E-state index in [0.29, 0.717) is 30.9 Å². The average molecular weight is 526 g/mol. The number of Topliss-reactive ketones (excluding diaryl/α,β-unsaturated/α-hetero) is 1. The highest BCUT2D eigenvalue weighted by Gasteiger charge is 2.24. The number of ketones is 1. The Hall–Kier alpha value is -3.36. The van der Waals surface area contributed by atoms with Crippen molar-refractivity contribution >= 4 is 52.4 Å². The zero-order chi connectivity index (χ0) is 25.9. The normalized spacial score (nSPS) is 11.1. The predicted molar refractivity (Wildman–Crippen MR) is 137 cm³/mol. The third kappa shape index (κ3) is 5.33. The minimum Gasteiger partial charge on any atom is -0.462 e. The monoisotopic (exact) mass is 525 g/mol. The van der Waals surface area contributed by atoms with E-state index >= 15 is 0 Å². The molecule has 2 heterocycles. The summed E-state index contributed by atoms with van der Waals surface area (Å²) in [4.78, 5) is 26.0. The number of nitriles is 2. The Labute approximate surface area is 217 Å². The van der Waals surface area contributed by atoms with Crippen LogP contribution >= 0.6 is 34.5 Å². The van der Waals surface area contributed by atoms with Gasteiger partial charge in [-0.2, -0.15) is 10.5 Å². The molecule has 0 saturated heterocycles. The molecule has 0 spiro atoms. The first-order valence-electron chi connectivity index (χ1n) is 10.6. The van der Waals surface area contributed by atoms with Crippen molar-refractivity contribution in [3.05, 3.63) is 77.7 Å². The fourth-order valence-corrected chi connectivity index (χ4v) is 5.20. The quantitative estimate of drug-likeness (QED) is 0.198. The van der Waals surface area contributed by atoms with Crippen molar-refractivity contribution in [2.24, 2.45) is 0 Å². The van der Waals surface area contributed by atoms with E-state index in [1.54, 1.807) is 26.0 Å². The molecule has 0 saturated carbocycles. The zero-order valence-corrected chi connectivity index (χ0v) is 21.9. The van der Waals surface area contributed by atoms with Gasteiger partial charge in [-0.3, -0.25) is 4.79 Å². The van der Waals surface area contributed by atoms with Gasteiger partial charge in [-0.1, -0.05) is 23.2 Å². The predicted octanol–water partition coefficient (Wildman–Crippen LogP) is 6.54. The molecular weight excluding hydrogens is 505 g/mol. The fourth-order valence-electron chi connectivity index (χ4n) is 3.76. The van der Waals surface area contributed by atoms with Gasteiger partial charge in [0.2, 0.25) is 0 Å². The second-order valence-corrected chi connectivity index (χ2v) is 9.64. The summed E-state index contributed by atoms with van der Waals surface area (Å²) in [6.07, 6.45) is 1.37. The summed E-state index contributed by atoms with van der Waals surface area (Å²) in [6, 6.07) is 11.2. The van der Waals surface area contributed by atoms with Crippen LogP contribution in [0.5, 0.6) is 0 Å². The zero-order valence-electron chi connectivity index (χ0n) is 19.5. The van der Waals surface area contributed by atoms with Crippen LogP contribution in [0.1, 0.15) is 49.6 Å². The third-order valence-electron chi connectivity index (χ3n) is 5.47. The molecule has 9 heteroatoms. The van der Waals surface area contributed by atoms with Gasteiger partial charge in [-0.15, -0.1) is 11.3 Å². The average Bonchev–Trinajstić information content (AvgIpc) is 3.28. The minimum absolute atomic E-state index is 0.0491. The Morgan fingerprint density at radius 3 is 2.46 bits per heavy atom. The number of rotatable bonds is 7. The molecule has 0 fully saturated rings. The largest absolute Gasteiger partial charge is 0.462 e. The van der Waals surface area contributed by atoms with Crippen molar-refractivity contribution in [1.29, 1.82) is 10.5 Å². The molecule has 3 rings (SSSR count). The lowest BCUT2D eigenvalue weighted by atomic mass is 10.0. The number of allylic oxidation sites excluding steroid dienone is 1. The van der Waals surface area contributed by atoms with Crippen LogP contribution < -0.4 is 0 Å².